The lowest BCUT2D eigenvalue weighted by molar-refractivity contribution is -0.127. The van der Waals surface area contributed by atoms with Gasteiger partial charge in [0.2, 0.25) is 0 Å². The van der Waals surface area contributed by atoms with Crippen LogP contribution in [-0.2, 0) is 4.79 Å². The first-order valence-electron chi connectivity index (χ1n) is 11.5. The van der Waals surface area contributed by atoms with Crippen molar-refractivity contribution in [1.82, 2.24) is 14.7 Å². The second-order valence-electron chi connectivity index (χ2n) is 8.11. The fraction of sp³-hybridized carbons (Fsp3) is 0.296. The summed E-state index contributed by atoms with van der Waals surface area (Å²) in [5, 5.41) is 14.6. The highest BCUT2D eigenvalue weighted by Crippen LogP contribution is 2.29. The van der Waals surface area contributed by atoms with Gasteiger partial charge in [0.25, 0.3) is 5.91 Å². The third-order valence-corrected chi connectivity index (χ3v) is 5.64. The molecule has 1 saturated heterocycles. The molecule has 1 aromatic heterocycles. The summed E-state index contributed by atoms with van der Waals surface area (Å²) >= 11 is 0. The number of amides is 1. The highest BCUT2D eigenvalue weighted by molar-refractivity contribution is 6.02. The smallest absolute Gasteiger partial charge is 0.264 e. The Morgan fingerprint density at radius 1 is 1.12 bits per heavy atom. The van der Waals surface area contributed by atoms with Gasteiger partial charge in [0.1, 0.15) is 23.1 Å². The Morgan fingerprint density at radius 3 is 2.64 bits per heavy atom. The van der Waals surface area contributed by atoms with Crippen LogP contribution in [0.1, 0.15) is 38.2 Å². The van der Waals surface area contributed by atoms with E-state index in [9.17, 15) is 10.1 Å². The Morgan fingerprint density at radius 2 is 1.91 bits per heavy atom. The van der Waals surface area contributed by atoms with Crippen LogP contribution in [0.15, 0.2) is 66.4 Å². The van der Waals surface area contributed by atoms with Crippen LogP contribution in [0.2, 0.25) is 0 Å². The number of piperidine rings is 1. The Kier molecular flexibility index (Phi) is 7.21. The molecule has 0 atom stereocenters. The van der Waals surface area contributed by atoms with Crippen LogP contribution in [0.4, 0.5) is 0 Å². The lowest BCUT2D eigenvalue weighted by Gasteiger charge is -2.26. The number of hydrogen-bond donors (Lipinski definition) is 0. The second-order valence-corrected chi connectivity index (χ2v) is 8.11. The Balaban J connectivity index is 1.76. The number of hydrogen-bond acceptors (Lipinski definition) is 4. The van der Waals surface area contributed by atoms with E-state index in [0.29, 0.717) is 31.0 Å². The predicted molar refractivity (Wildman–Crippen MR) is 129 cm³/mol. The maximum atomic E-state index is 13.0. The van der Waals surface area contributed by atoms with Gasteiger partial charge < -0.3 is 9.64 Å². The number of carbonyl (C=O) groups excluding carboxylic acids is 1. The maximum absolute atomic E-state index is 13.0. The molecule has 3 aromatic rings. The van der Waals surface area contributed by atoms with Gasteiger partial charge in [-0.1, -0.05) is 37.3 Å². The first-order chi connectivity index (χ1) is 16.2. The standard InChI is InChI=1S/C27H28N4O2/c1-2-16-33-25-13-9-10-21(18-25)26-23(20-31(29-26)24-11-5-3-6-12-24)17-22(19-28)27(32)30-14-7-4-8-15-30/h3,5-6,9-13,17-18,20H,2,4,7-8,14-16H2,1H3. The Labute approximate surface area is 194 Å². The zero-order valence-corrected chi connectivity index (χ0v) is 18.9. The summed E-state index contributed by atoms with van der Waals surface area (Å²) in [6.07, 6.45) is 7.53. The molecular weight excluding hydrogens is 412 g/mol. The quantitative estimate of drug-likeness (QED) is 0.372. The molecule has 33 heavy (non-hydrogen) atoms. The van der Waals surface area contributed by atoms with Crippen molar-refractivity contribution in [2.24, 2.45) is 0 Å². The molecule has 0 saturated carbocycles. The third kappa shape index (κ3) is 5.32. The summed E-state index contributed by atoms with van der Waals surface area (Å²) in [6, 6.07) is 19.7. The normalized spacial score (nSPS) is 14.1. The van der Waals surface area contributed by atoms with Gasteiger partial charge >= 0.3 is 0 Å². The summed E-state index contributed by atoms with van der Waals surface area (Å²) in [4.78, 5) is 14.8. The van der Waals surface area contributed by atoms with Gasteiger partial charge in [-0.2, -0.15) is 10.4 Å². The zero-order chi connectivity index (χ0) is 23.0. The van der Waals surface area contributed by atoms with E-state index in [1.54, 1.807) is 15.7 Å². The fourth-order valence-corrected chi connectivity index (χ4v) is 3.95. The first-order valence-corrected chi connectivity index (χ1v) is 11.5. The van der Waals surface area contributed by atoms with E-state index in [1.165, 1.54) is 0 Å². The molecule has 168 valence electrons. The van der Waals surface area contributed by atoms with Gasteiger partial charge in [-0.05, 0) is 56.0 Å². The van der Waals surface area contributed by atoms with Gasteiger partial charge in [0, 0.05) is 30.4 Å². The summed E-state index contributed by atoms with van der Waals surface area (Å²) in [5.41, 5.74) is 3.31. The minimum Gasteiger partial charge on any atom is -0.494 e. The number of nitrogens with zero attached hydrogens (tertiary/aromatic N) is 4. The lowest BCUT2D eigenvalue weighted by atomic mass is 10.0. The predicted octanol–water partition coefficient (Wildman–Crippen LogP) is 5.25. The SMILES string of the molecule is CCCOc1cccc(-c2nn(-c3ccccc3)cc2C=C(C#N)C(=O)N2CCCCC2)c1. The molecule has 0 N–H and O–H groups in total. The molecule has 6 nitrogen and oxygen atoms in total. The van der Waals surface area contributed by atoms with Crippen LogP contribution in [-0.4, -0.2) is 40.3 Å². The zero-order valence-electron chi connectivity index (χ0n) is 18.9. The maximum Gasteiger partial charge on any atom is 0.264 e. The van der Waals surface area contributed by atoms with E-state index in [1.807, 2.05) is 60.8 Å². The second kappa shape index (κ2) is 10.6. The Hall–Kier alpha value is -3.85. The van der Waals surface area contributed by atoms with Crippen molar-refractivity contribution < 1.29 is 9.53 Å². The Bertz CT molecular complexity index is 1170. The third-order valence-electron chi connectivity index (χ3n) is 5.64. The van der Waals surface area contributed by atoms with E-state index in [0.717, 1.165) is 42.7 Å². The fourth-order valence-electron chi connectivity index (χ4n) is 3.95. The molecule has 0 unspecified atom stereocenters. The van der Waals surface area contributed by atoms with Crippen LogP contribution in [0.3, 0.4) is 0 Å². The van der Waals surface area contributed by atoms with E-state index < -0.39 is 0 Å². The van der Waals surface area contributed by atoms with Crippen molar-refractivity contribution >= 4 is 12.0 Å². The van der Waals surface area contributed by atoms with E-state index in [-0.39, 0.29) is 11.5 Å². The number of likely N-dealkylation sites (tertiary alicyclic amines) is 1. The summed E-state index contributed by atoms with van der Waals surface area (Å²) in [6.45, 7) is 4.10. The average Bonchev–Trinajstić information content (AvgIpc) is 3.31. The largest absolute Gasteiger partial charge is 0.494 e. The average molecular weight is 441 g/mol. The molecule has 6 heteroatoms. The summed E-state index contributed by atoms with van der Waals surface area (Å²) in [5.74, 6) is 0.555. The molecule has 1 amide bonds. The number of rotatable bonds is 7. The molecule has 4 rings (SSSR count). The van der Waals surface area contributed by atoms with Crippen LogP contribution >= 0.6 is 0 Å². The minimum absolute atomic E-state index is 0.129. The first kappa shape index (κ1) is 22.3. The van der Waals surface area contributed by atoms with Gasteiger partial charge in [0.15, 0.2) is 0 Å². The van der Waals surface area contributed by atoms with Crippen molar-refractivity contribution in [2.75, 3.05) is 19.7 Å². The number of aromatic nitrogens is 2. The van der Waals surface area contributed by atoms with Crippen molar-refractivity contribution in [3.63, 3.8) is 0 Å². The number of carbonyl (C=O) groups is 1. The summed E-state index contributed by atoms with van der Waals surface area (Å²) in [7, 11) is 0. The topological polar surface area (TPSA) is 71.1 Å². The van der Waals surface area contributed by atoms with Crippen LogP contribution in [0.5, 0.6) is 5.75 Å². The number of nitriles is 1. The number of para-hydroxylation sites is 1. The molecule has 0 aliphatic carbocycles. The van der Waals surface area contributed by atoms with E-state index in [4.69, 9.17) is 9.84 Å². The summed E-state index contributed by atoms with van der Waals surface area (Å²) < 4.78 is 7.58. The molecule has 0 radical (unpaired) electrons. The van der Waals surface area contributed by atoms with Gasteiger partial charge in [-0.15, -0.1) is 0 Å². The van der Waals surface area contributed by atoms with Gasteiger partial charge in [-0.3, -0.25) is 4.79 Å². The van der Waals surface area contributed by atoms with Crippen LogP contribution < -0.4 is 4.74 Å². The molecule has 0 spiro atoms. The van der Waals surface area contributed by atoms with Crippen molar-refractivity contribution in [2.45, 2.75) is 32.6 Å². The molecule has 1 aliphatic rings. The molecule has 1 aliphatic heterocycles. The molecule has 0 bridgehead atoms. The van der Waals surface area contributed by atoms with Crippen LogP contribution in [0, 0.1) is 11.3 Å². The van der Waals surface area contributed by atoms with Crippen LogP contribution in [0.25, 0.3) is 23.0 Å². The lowest BCUT2D eigenvalue weighted by Crippen LogP contribution is -2.36. The minimum atomic E-state index is -0.212. The molecule has 1 fully saturated rings. The van der Waals surface area contributed by atoms with Gasteiger partial charge in [0.05, 0.1) is 12.3 Å². The van der Waals surface area contributed by atoms with Crippen molar-refractivity contribution in [1.29, 1.82) is 5.26 Å². The molecule has 2 aromatic carbocycles. The molecular formula is C27H28N4O2. The molecule has 2 heterocycles. The van der Waals surface area contributed by atoms with Gasteiger partial charge in [-0.25, -0.2) is 4.68 Å². The van der Waals surface area contributed by atoms with E-state index >= 15 is 0 Å². The van der Waals surface area contributed by atoms with Crippen molar-refractivity contribution in [3.05, 3.63) is 71.9 Å². The number of ether oxygens (including phenoxy) is 1. The van der Waals surface area contributed by atoms with E-state index in [2.05, 4.69) is 13.0 Å². The highest BCUT2D eigenvalue weighted by atomic mass is 16.5. The number of benzene rings is 2. The highest BCUT2D eigenvalue weighted by Gasteiger charge is 2.21. The van der Waals surface area contributed by atoms with Crippen molar-refractivity contribution in [3.8, 4) is 28.8 Å². The monoisotopic (exact) mass is 440 g/mol.